The molecule has 0 aromatic heterocycles. The third-order valence-corrected chi connectivity index (χ3v) is 3.26. The summed E-state index contributed by atoms with van der Waals surface area (Å²) in [5.74, 6) is 0. The Morgan fingerprint density at radius 2 is 2.09 bits per heavy atom. The van der Waals surface area contributed by atoms with Crippen molar-refractivity contribution in [2.45, 2.75) is 38.1 Å². The number of hydrogen-bond acceptors (Lipinski definition) is 2. The predicted octanol–water partition coefficient (Wildman–Crippen LogP) is 0.867. The Hall–Kier alpha value is -0.0800. The van der Waals surface area contributed by atoms with Crippen molar-refractivity contribution in [3.63, 3.8) is 0 Å². The van der Waals surface area contributed by atoms with Crippen molar-refractivity contribution in [3.8, 4) is 0 Å². The average Bonchev–Trinajstić information content (AvgIpc) is 2.66. The fraction of sp³-hybridized carbons (Fsp3) is 1.00. The highest BCUT2D eigenvalue weighted by molar-refractivity contribution is 4.96. The van der Waals surface area contributed by atoms with Crippen molar-refractivity contribution in [1.82, 2.24) is 5.32 Å². The summed E-state index contributed by atoms with van der Waals surface area (Å²) in [6.07, 6.45) is 6.90. The first-order chi connectivity index (χ1) is 5.35. The molecule has 2 rings (SSSR count). The summed E-state index contributed by atoms with van der Waals surface area (Å²) in [4.78, 5) is 0. The lowest BCUT2D eigenvalue weighted by Gasteiger charge is -2.28. The third kappa shape index (κ3) is 1.57. The molecule has 2 aliphatic rings. The Bertz CT molecular complexity index is 136. The normalized spacial score (nSPS) is 28.1. The van der Waals surface area contributed by atoms with Crippen molar-refractivity contribution in [3.05, 3.63) is 0 Å². The maximum Gasteiger partial charge on any atom is 0.00673 e. The maximum absolute atomic E-state index is 5.67. The summed E-state index contributed by atoms with van der Waals surface area (Å²) in [6.45, 7) is 2.06. The number of nitrogens with one attached hydrogen (secondary N) is 1. The van der Waals surface area contributed by atoms with Crippen molar-refractivity contribution < 1.29 is 0 Å². The van der Waals surface area contributed by atoms with E-state index in [4.69, 9.17) is 5.73 Å². The molecule has 0 spiro atoms. The molecule has 0 heterocycles. The van der Waals surface area contributed by atoms with Crippen LogP contribution in [0.5, 0.6) is 0 Å². The molecule has 0 saturated heterocycles. The Labute approximate surface area is 68.5 Å². The highest BCUT2D eigenvalue weighted by Crippen LogP contribution is 2.44. The van der Waals surface area contributed by atoms with Gasteiger partial charge in [0, 0.05) is 12.6 Å². The zero-order chi connectivity index (χ0) is 7.73. The Morgan fingerprint density at radius 1 is 1.36 bits per heavy atom. The van der Waals surface area contributed by atoms with Gasteiger partial charge in [0.1, 0.15) is 0 Å². The molecule has 2 heteroatoms. The van der Waals surface area contributed by atoms with E-state index in [-0.39, 0.29) is 0 Å². The van der Waals surface area contributed by atoms with Gasteiger partial charge in [0.05, 0.1) is 0 Å². The van der Waals surface area contributed by atoms with E-state index in [0.29, 0.717) is 5.41 Å². The highest BCUT2D eigenvalue weighted by Gasteiger charge is 2.41. The Morgan fingerprint density at radius 3 is 2.45 bits per heavy atom. The zero-order valence-corrected chi connectivity index (χ0v) is 7.10. The number of rotatable bonds is 4. The minimum atomic E-state index is 0.523. The minimum absolute atomic E-state index is 0.523. The van der Waals surface area contributed by atoms with Gasteiger partial charge in [-0.15, -0.1) is 0 Å². The van der Waals surface area contributed by atoms with Crippen molar-refractivity contribution in [1.29, 1.82) is 0 Å². The molecule has 0 aliphatic heterocycles. The van der Waals surface area contributed by atoms with Gasteiger partial charge in [0.2, 0.25) is 0 Å². The topological polar surface area (TPSA) is 38.0 Å². The molecule has 0 aromatic rings. The summed E-state index contributed by atoms with van der Waals surface area (Å²) >= 11 is 0. The van der Waals surface area contributed by atoms with Crippen LogP contribution in [0.1, 0.15) is 32.1 Å². The van der Waals surface area contributed by atoms with Crippen LogP contribution in [0.3, 0.4) is 0 Å². The summed E-state index contributed by atoms with van der Waals surface area (Å²) in [5, 5.41) is 3.59. The van der Waals surface area contributed by atoms with Gasteiger partial charge in [-0.3, -0.25) is 0 Å². The molecule has 0 aromatic carbocycles. The van der Waals surface area contributed by atoms with E-state index >= 15 is 0 Å². The van der Waals surface area contributed by atoms with Crippen LogP contribution in [0.4, 0.5) is 0 Å². The molecule has 64 valence electrons. The van der Waals surface area contributed by atoms with Crippen molar-refractivity contribution in [2.75, 3.05) is 13.1 Å². The lowest BCUT2D eigenvalue weighted by molar-refractivity contribution is 0.311. The molecule has 0 atom stereocenters. The van der Waals surface area contributed by atoms with E-state index < -0.39 is 0 Å². The van der Waals surface area contributed by atoms with Crippen LogP contribution < -0.4 is 11.1 Å². The van der Waals surface area contributed by atoms with Gasteiger partial charge in [0.25, 0.3) is 0 Å². The first-order valence-electron chi connectivity index (χ1n) is 4.78. The fourth-order valence-electron chi connectivity index (χ4n) is 1.60. The molecule has 3 N–H and O–H groups in total. The molecule has 2 saturated carbocycles. The zero-order valence-electron chi connectivity index (χ0n) is 7.10. The first kappa shape index (κ1) is 7.56. The predicted molar refractivity (Wildman–Crippen MR) is 46.4 cm³/mol. The molecule has 2 nitrogen and oxygen atoms in total. The highest BCUT2D eigenvalue weighted by atomic mass is 15.0. The minimum Gasteiger partial charge on any atom is -0.330 e. The summed E-state index contributed by atoms with van der Waals surface area (Å²) in [5.41, 5.74) is 6.20. The van der Waals surface area contributed by atoms with Gasteiger partial charge < -0.3 is 11.1 Å². The molecule has 0 radical (unpaired) electrons. The van der Waals surface area contributed by atoms with E-state index in [2.05, 4.69) is 5.32 Å². The van der Waals surface area contributed by atoms with E-state index in [9.17, 15) is 0 Å². The Balaban J connectivity index is 1.65. The molecule has 2 aliphatic carbocycles. The standard InChI is InChI=1S/C9H18N2/c10-6-9(4-5-9)7-11-8-2-1-3-8/h8,11H,1-7,10H2. The van der Waals surface area contributed by atoms with Crippen molar-refractivity contribution in [2.24, 2.45) is 11.1 Å². The monoisotopic (exact) mass is 154 g/mol. The van der Waals surface area contributed by atoms with Crippen LogP contribution in [0.25, 0.3) is 0 Å². The largest absolute Gasteiger partial charge is 0.330 e. The molecule has 2 fully saturated rings. The molecular weight excluding hydrogens is 136 g/mol. The summed E-state index contributed by atoms with van der Waals surface area (Å²) < 4.78 is 0. The van der Waals surface area contributed by atoms with E-state index in [1.807, 2.05) is 0 Å². The van der Waals surface area contributed by atoms with Crippen molar-refractivity contribution >= 4 is 0 Å². The van der Waals surface area contributed by atoms with Crippen LogP contribution in [0.15, 0.2) is 0 Å². The quantitative estimate of drug-likeness (QED) is 0.630. The molecule has 0 unspecified atom stereocenters. The lowest BCUT2D eigenvalue weighted by atomic mass is 9.92. The fourth-order valence-corrected chi connectivity index (χ4v) is 1.60. The summed E-state index contributed by atoms with van der Waals surface area (Å²) in [7, 11) is 0. The van der Waals surface area contributed by atoms with Gasteiger partial charge in [-0.2, -0.15) is 0 Å². The van der Waals surface area contributed by atoms with E-state index in [0.717, 1.165) is 12.6 Å². The van der Waals surface area contributed by atoms with Gasteiger partial charge in [0.15, 0.2) is 0 Å². The SMILES string of the molecule is NCC1(CNC2CCC2)CC1. The number of nitrogens with two attached hydrogens (primary N) is 1. The van der Waals surface area contributed by atoms with Crippen LogP contribution in [-0.4, -0.2) is 19.1 Å². The van der Waals surface area contributed by atoms with Gasteiger partial charge in [-0.05, 0) is 37.6 Å². The first-order valence-corrected chi connectivity index (χ1v) is 4.78. The van der Waals surface area contributed by atoms with Crippen LogP contribution in [0, 0.1) is 5.41 Å². The van der Waals surface area contributed by atoms with E-state index in [1.54, 1.807) is 0 Å². The van der Waals surface area contributed by atoms with Crippen LogP contribution in [0.2, 0.25) is 0 Å². The third-order valence-electron chi connectivity index (χ3n) is 3.26. The van der Waals surface area contributed by atoms with Gasteiger partial charge in [-0.1, -0.05) is 6.42 Å². The lowest BCUT2D eigenvalue weighted by Crippen LogP contribution is -2.40. The second-order valence-electron chi connectivity index (χ2n) is 4.21. The smallest absolute Gasteiger partial charge is 0.00673 e. The van der Waals surface area contributed by atoms with Crippen LogP contribution in [-0.2, 0) is 0 Å². The van der Waals surface area contributed by atoms with Gasteiger partial charge in [-0.25, -0.2) is 0 Å². The maximum atomic E-state index is 5.67. The molecular formula is C9H18N2. The number of hydrogen-bond donors (Lipinski definition) is 2. The van der Waals surface area contributed by atoms with E-state index in [1.165, 1.54) is 38.6 Å². The second kappa shape index (κ2) is 2.76. The summed E-state index contributed by atoms with van der Waals surface area (Å²) in [6, 6.07) is 0.832. The second-order valence-corrected chi connectivity index (χ2v) is 4.21. The Kier molecular flexibility index (Phi) is 1.90. The van der Waals surface area contributed by atoms with Gasteiger partial charge >= 0.3 is 0 Å². The molecule has 0 bridgehead atoms. The molecule has 0 amide bonds. The van der Waals surface area contributed by atoms with Crippen LogP contribution >= 0.6 is 0 Å². The molecule has 11 heavy (non-hydrogen) atoms. The average molecular weight is 154 g/mol.